The van der Waals surface area contributed by atoms with E-state index in [1.807, 2.05) is 35.2 Å². The van der Waals surface area contributed by atoms with Gasteiger partial charge in [-0.15, -0.1) is 0 Å². The molecule has 2 saturated heterocycles. The normalized spacial score (nSPS) is 19.1. The summed E-state index contributed by atoms with van der Waals surface area (Å²) >= 11 is 1.02. The second-order valence-electron chi connectivity index (χ2n) is 7.16. The van der Waals surface area contributed by atoms with Gasteiger partial charge >= 0.3 is 0 Å². The molecule has 0 aromatic heterocycles. The first kappa shape index (κ1) is 19.5. The highest BCUT2D eigenvalue weighted by molar-refractivity contribution is 8.14. The third-order valence-electron chi connectivity index (χ3n) is 5.37. The summed E-state index contributed by atoms with van der Waals surface area (Å²) in [5, 5.41) is -0.231. The molecule has 6 nitrogen and oxygen atoms in total. The SMILES string of the molecule is COc1ccc(C2CCCN2C(=O)c2cccc(CN3C(=O)CSC3=O)c2)cc1. The number of hydrogen-bond donors (Lipinski definition) is 0. The number of thioether (sulfide) groups is 1. The predicted octanol–water partition coefficient (Wildman–Crippen LogP) is 3.87. The molecule has 0 aliphatic carbocycles. The molecule has 0 saturated carbocycles. The molecule has 4 rings (SSSR count). The Balaban J connectivity index is 1.52. The predicted molar refractivity (Wildman–Crippen MR) is 111 cm³/mol. The van der Waals surface area contributed by atoms with E-state index < -0.39 is 0 Å². The van der Waals surface area contributed by atoms with Crippen LogP contribution >= 0.6 is 11.8 Å². The Hall–Kier alpha value is -2.80. The van der Waals surface area contributed by atoms with Gasteiger partial charge in [-0.3, -0.25) is 19.3 Å². The van der Waals surface area contributed by atoms with Crippen molar-refractivity contribution in [2.24, 2.45) is 0 Å². The van der Waals surface area contributed by atoms with Crippen LogP contribution in [0, 0.1) is 0 Å². The maximum absolute atomic E-state index is 13.2. The summed E-state index contributed by atoms with van der Waals surface area (Å²) in [5.74, 6) is 0.769. The van der Waals surface area contributed by atoms with Gasteiger partial charge in [0.1, 0.15) is 5.75 Å². The third kappa shape index (κ3) is 4.00. The number of carbonyl (C=O) groups is 3. The van der Waals surface area contributed by atoms with Crippen molar-refractivity contribution in [3.05, 3.63) is 65.2 Å². The van der Waals surface area contributed by atoms with Crippen LogP contribution < -0.4 is 4.74 Å². The molecule has 2 aromatic rings. The Morgan fingerprint density at radius 2 is 1.97 bits per heavy atom. The fraction of sp³-hybridized carbons (Fsp3) is 0.318. The minimum atomic E-state index is -0.231. The molecule has 2 aromatic carbocycles. The van der Waals surface area contributed by atoms with Gasteiger partial charge in [-0.05, 0) is 48.2 Å². The van der Waals surface area contributed by atoms with Gasteiger partial charge in [0.25, 0.3) is 11.1 Å². The number of ether oxygens (including phenoxy) is 1. The average molecular weight is 410 g/mol. The molecule has 150 valence electrons. The van der Waals surface area contributed by atoms with Crippen LogP contribution in [0.15, 0.2) is 48.5 Å². The molecule has 7 heteroatoms. The van der Waals surface area contributed by atoms with Gasteiger partial charge in [0.15, 0.2) is 0 Å². The highest BCUT2D eigenvalue weighted by Crippen LogP contribution is 2.34. The highest BCUT2D eigenvalue weighted by atomic mass is 32.2. The monoisotopic (exact) mass is 410 g/mol. The zero-order chi connectivity index (χ0) is 20.4. The lowest BCUT2D eigenvalue weighted by molar-refractivity contribution is -0.125. The Morgan fingerprint density at radius 3 is 2.66 bits per heavy atom. The summed E-state index contributed by atoms with van der Waals surface area (Å²) < 4.78 is 5.22. The van der Waals surface area contributed by atoms with Crippen molar-refractivity contribution in [3.63, 3.8) is 0 Å². The first-order valence-electron chi connectivity index (χ1n) is 9.58. The van der Waals surface area contributed by atoms with E-state index in [4.69, 9.17) is 4.74 Å². The zero-order valence-corrected chi connectivity index (χ0v) is 17.0. The lowest BCUT2D eigenvalue weighted by Crippen LogP contribution is -2.31. The minimum absolute atomic E-state index is 0.0291. The molecule has 29 heavy (non-hydrogen) atoms. The molecule has 1 atom stereocenters. The molecule has 0 bridgehead atoms. The quantitative estimate of drug-likeness (QED) is 0.749. The Labute approximate surface area is 173 Å². The summed E-state index contributed by atoms with van der Waals surface area (Å²) in [4.78, 5) is 40.1. The molecule has 0 spiro atoms. The van der Waals surface area contributed by atoms with Crippen LogP contribution in [-0.2, 0) is 11.3 Å². The summed E-state index contributed by atoms with van der Waals surface area (Å²) in [6.07, 6.45) is 1.88. The van der Waals surface area contributed by atoms with E-state index in [1.165, 1.54) is 4.90 Å². The van der Waals surface area contributed by atoms with Gasteiger partial charge in [0, 0.05) is 12.1 Å². The van der Waals surface area contributed by atoms with Gasteiger partial charge in [-0.1, -0.05) is 36.0 Å². The number of nitrogens with zero attached hydrogens (tertiary/aromatic N) is 2. The number of carbonyl (C=O) groups excluding carboxylic acids is 3. The lowest BCUT2D eigenvalue weighted by atomic mass is 10.0. The van der Waals surface area contributed by atoms with Crippen molar-refractivity contribution in [1.29, 1.82) is 0 Å². The van der Waals surface area contributed by atoms with Crippen LogP contribution in [0.2, 0.25) is 0 Å². The molecule has 3 amide bonds. The molecule has 1 unspecified atom stereocenters. The molecule has 2 fully saturated rings. The number of amides is 3. The molecule has 2 aliphatic rings. The summed E-state index contributed by atoms with van der Waals surface area (Å²) in [5.41, 5.74) is 2.45. The molecule has 2 aliphatic heterocycles. The summed E-state index contributed by atoms with van der Waals surface area (Å²) in [6.45, 7) is 0.910. The first-order chi connectivity index (χ1) is 14.1. The van der Waals surface area contributed by atoms with E-state index in [9.17, 15) is 14.4 Å². The first-order valence-corrected chi connectivity index (χ1v) is 10.6. The molecular formula is C22H22N2O4S. The topological polar surface area (TPSA) is 66.9 Å². The van der Waals surface area contributed by atoms with Crippen molar-refractivity contribution in [2.75, 3.05) is 19.4 Å². The smallest absolute Gasteiger partial charge is 0.289 e. The number of rotatable bonds is 5. The number of hydrogen-bond acceptors (Lipinski definition) is 5. The molecule has 0 radical (unpaired) electrons. The van der Waals surface area contributed by atoms with E-state index >= 15 is 0 Å². The Morgan fingerprint density at radius 1 is 1.17 bits per heavy atom. The van der Waals surface area contributed by atoms with Crippen molar-refractivity contribution >= 4 is 28.8 Å². The Kier molecular flexibility index (Phi) is 5.58. The van der Waals surface area contributed by atoms with E-state index in [2.05, 4.69) is 0 Å². The van der Waals surface area contributed by atoms with E-state index in [1.54, 1.807) is 25.3 Å². The van der Waals surface area contributed by atoms with Crippen molar-refractivity contribution in [1.82, 2.24) is 9.80 Å². The number of likely N-dealkylation sites (tertiary alicyclic amines) is 1. The summed E-state index contributed by atoms with van der Waals surface area (Å²) in [6, 6.07) is 15.1. The second-order valence-corrected chi connectivity index (χ2v) is 8.09. The average Bonchev–Trinajstić information content (AvgIpc) is 3.36. The fourth-order valence-corrected chi connectivity index (χ4v) is 4.59. The second kappa shape index (κ2) is 8.29. The molecular weight excluding hydrogens is 388 g/mol. The highest BCUT2D eigenvalue weighted by Gasteiger charge is 2.32. The van der Waals surface area contributed by atoms with Crippen molar-refractivity contribution in [3.8, 4) is 5.75 Å². The van der Waals surface area contributed by atoms with Gasteiger partial charge < -0.3 is 9.64 Å². The van der Waals surface area contributed by atoms with E-state index in [0.717, 1.165) is 41.5 Å². The maximum atomic E-state index is 13.2. The Bertz CT molecular complexity index is 928. The summed E-state index contributed by atoms with van der Waals surface area (Å²) in [7, 11) is 1.63. The van der Waals surface area contributed by atoms with Crippen molar-refractivity contribution < 1.29 is 19.1 Å². The van der Waals surface area contributed by atoms with Gasteiger partial charge in [0.2, 0.25) is 5.91 Å². The number of methoxy groups -OCH3 is 1. The maximum Gasteiger partial charge on any atom is 0.289 e. The molecule has 2 heterocycles. The van der Waals surface area contributed by atoms with E-state index in [-0.39, 0.29) is 35.4 Å². The largest absolute Gasteiger partial charge is 0.497 e. The third-order valence-corrected chi connectivity index (χ3v) is 6.23. The number of benzene rings is 2. The molecule has 0 N–H and O–H groups in total. The minimum Gasteiger partial charge on any atom is -0.497 e. The fourth-order valence-electron chi connectivity index (χ4n) is 3.87. The van der Waals surface area contributed by atoms with Crippen LogP contribution in [0.4, 0.5) is 4.79 Å². The van der Waals surface area contributed by atoms with Crippen LogP contribution in [0.1, 0.15) is 40.4 Å². The van der Waals surface area contributed by atoms with E-state index in [0.29, 0.717) is 12.1 Å². The van der Waals surface area contributed by atoms with Crippen LogP contribution in [0.25, 0.3) is 0 Å². The van der Waals surface area contributed by atoms with Gasteiger partial charge in [-0.2, -0.15) is 0 Å². The van der Waals surface area contributed by atoms with Crippen LogP contribution in [0.3, 0.4) is 0 Å². The van der Waals surface area contributed by atoms with Gasteiger partial charge in [0.05, 0.1) is 25.4 Å². The standard InChI is InChI=1S/C22H22N2O4S/c1-28-18-9-7-16(8-10-18)19-6-3-11-23(19)21(26)17-5-2-4-15(12-17)13-24-20(25)14-29-22(24)27/h2,4-5,7-10,12,19H,3,6,11,13-14H2,1H3. The van der Waals surface area contributed by atoms with Crippen LogP contribution in [0.5, 0.6) is 5.75 Å². The zero-order valence-electron chi connectivity index (χ0n) is 16.2. The van der Waals surface area contributed by atoms with Crippen LogP contribution in [-0.4, -0.2) is 46.3 Å². The lowest BCUT2D eigenvalue weighted by Gasteiger charge is -2.25. The van der Waals surface area contributed by atoms with Gasteiger partial charge in [-0.25, -0.2) is 0 Å². The number of imide groups is 1. The van der Waals surface area contributed by atoms with Crippen molar-refractivity contribution in [2.45, 2.75) is 25.4 Å².